The monoisotopic (exact) mass is 436 g/mol. The van der Waals surface area contributed by atoms with E-state index in [4.69, 9.17) is 16.1 Å². The second-order valence-corrected chi connectivity index (χ2v) is 8.88. The molecule has 144 valence electrons. The van der Waals surface area contributed by atoms with Crippen LogP contribution in [0.4, 0.5) is 5.95 Å². The van der Waals surface area contributed by atoms with Crippen LogP contribution in [0, 0.1) is 0 Å². The standard InChI is InChI=1S/C16H13ClN6O3S2/c1-23-14(12-6-3-7-27-12)19-20-16(23)22-28(24,25)9-13-18-15(26-21-13)10-4-2-5-11(17)8-10/h2-8H,9H2,1H3,(H,20,22). The summed E-state index contributed by atoms with van der Waals surface area (Å²) in [5, 5.41) is 14.1. The zero-order valence-electron chi connectivity index (χ0n) is 14.4. The van der Waals surface area contributed by atoms with Gasteiger partial charge in [-0.3, -0.25) is 9.29 Å². The molecule has 0 bridgehead atoms. The van der Waals surface area contributed by atoms with Gasteiger partial charge >= 0.3 is 0 Å². The van der Waals surface area contributed by atoms with Gasteiger partial charge in [-0.1, -0.05) is 28.9 Å². The third-order valence-corrected chi connectivity index (χ3v) is 5.95. The van der Waals surface area contributed by atoms with Crippen molar-refractivity contribution >= 4 is 38.9 Å². The van der Waals surface area contributed by atoms with Gasteiger partial charge in [0.15, 0.2) is 11.6 Å². The Kier molecular flexibility index (Phi) is 4.87. The Balaban J connectivity index is 1.51. The van der Waals surface area contributed by atoms with Gasteiger partial charge in [-0.05, 0) is 29.6 Å². The second kappa shape index (κ2) is 7.34. The van der Waals surface area contributed by atoms with Gasteiger partial charge in [-0.15, -0.1) is 21.5 Å². The molecule has 1 aromatic carbocycles. The fraction of sp³-hybridized carbons (Fsp3) is 0.125. The van der Waals surface area contributed by atoms with Gasteiger partial charge in [0, 0.05) is 17.6 Å². The van der Waals surface area contributed by atoms with E-state index in [1.165, 1.54) is 11.3 Å². The summed E-state index contributed by atoms with van der Waals surface area (Å²) in [7, 11) is -2.14. The molecule has 0 unspecified atom stereocenters. The molecule has 0 aliphatic carbocycles. The Bertz CT molecular complexity index is 1220. The summed E-state index contributed by atoms with van der Waals surface area (Å²) in [5.74, 6) is 0.394. The van der Waals surface area contributed by atoms with E-state index in [9.17, 15) is 8.42 Å². The molecule has 0 spiro atoms. The van der Waals surface area contributed by atoms with Crippen molar-refractivity contribution in [3.05, 3.63) is 52.6 Å². The van der Waals surface area contributed by atoms with Crippen LogP contribution < -0.4 is 4.72 Å². The number of thiophene rings is 1. The molecule has 0 amide bonds. The molecule has 9 nitrogen and oxygen atoms in total. The van der Waals surface area contributed by atoms with Crippen LogP contribution in [0.1, 0.15) is 5.82 Å². The van der Waals surface area contributed by atoms with Gasteiger partial charge in [0.1, 0.15) is 5.75 Å². The van der Waals surface area contributed by atoms with Gasteiger partial charge < -0.3 is 4.52 Å². The van der Waals surface area contributed by atoms with E-state index in [0.29, 0.717) is 16.4 Å². The van der Waals surface area contributed by atoms with Crippen molar-refractivity contribution in [3.63, 3.8) is 0 Å². The minimum atomic E-state index is -3.82. The summed E-state index contributed by atoms with van der Waals surface area (Å²) in [6.07, 6.45) is 0. The van der Waals surface area contributed by atoms with Crippen molar-refractivity contribution in [2.45, 2.75) is 5.75 Å². The van der Waals surface area contributed by atoms with E-state index >= 15 is 0 Å². The maximum absolute atomic E-state index is 12.5. The van der Waals surface area contributed by atoms with Gasteiger partial charge in [0.05, 0.1) is 4.88 Å². The van der Waals surface area contributed by atoms with Crippen LogP contribution in [0.5, 0.6) is 0 Å². The van der Waals surface area contributed by atoms with E-state index < -0.39 is 15.8 Å². The molecule has 4 rings (SSSR count). The van der Waals surface area contributed by atoms with Gasteiger partial charge in [0.2, 0.25) is 16.0 Å². The summed E-state index contributed by atoms with van der Waals surface area (Å²) < 4.78 is 34.1. The summed E-state index contributed by atoms with van der Waals surface area (Å²) in [6, 6.07) is 10.6. The minimum absolute atomic E-state index is 0.0168. The number of hydrogen-bond donors (Lipinski definition) is 1. The fourth-order valence-corrected chi connectivity index (χ4v) is 4.35. The highest BCUT2D eigenvalue weighted by molar-refractivity contribution is 7.91. The van der Waals surface area contributed by atoms with Crippen LogP contribution in [0.2, 0.25) is 5.02 Å². The summed E-state index contributed by atoms with van der Waals surface area (Å²) in [5.41, 5.74) is 0.602. The number of nitrogens with zero attached hydrogens (tertiary/aromatic N) is 5. The summed E-state index contributed by atoms with van der Waals surface area (Å²) in [6.45, 7) is 0. The molecule has 3 heterocycles. The van der Waals surface area contributed by atoms with E-state index in [2.05, 4.69) is 25.1 Å². The molecule has 0 saturated heterocycles. The summed E-state index contributed by atoms with van der Waals surface area (Å²) >= 11 is 7.43. The predicted molar refractivity (Wildman–Crippen MR) is 105 cm³/mol. The maximum Gasteiger partial charge on any atom is 0.258 e. The van der Waals surface area contributed by atoms with Crippen molar-refractivity contribution in [1.82, 2.24) is 24.9 Å². The van der Waals surface area contributed by atoms with E-state index in [1.54, 1.807) is 35.9 Å². The average molecular weight is 437 g/mol. The molecular weight excluding hydrogens is 424 g/mol. The minimum Gasteiger partial charge on any atom is -0.334 e. The van der Waals surface area contributed by atoms with E-state index in [1.807, 2.05) is 17.5 Å². The average Bonchev–Trinajstić information content (AvgIpc) is 3.37. The highest BCUT2D eigenvalue weighted by Gasteiger charge is 2.21. The van der Waals surface area contributed by atoms with Gasteiger partial charge in [-0.2, -0.15) is 4.98 Å². The lowest BCUT2D eigenvalue weighted by molar-refractivity contribution is 0.424. The van der Waals surface area contributed by atoms with Crippen LogP contribution >= 0.6 is 22.9 Å². The van der Waals surface area contributed by atoms with Gasteiger partial charge in [-0.25, -0.2) is 8.42 Å². The lowest BCUT2D eigenvalue weighted by atomic mass is 10.2. The predicted octanol–water partition coefficient (Wildman–Crippen LogP) is 3.19. The number of benzene rings is 1. The van der Waals surface area contributed by atoms with Crippen molar-refractivity contribution in [2.24, 2.45) is 7.05 Å². The van der Waals surface area contributed by atoms with Crippen LogP contribution in [-0.2, 0) is 22.8 Å². The highest BCUT2D eigenvalue weighted by atomic mass is 35.5. The summed E-state index contributed by atoms with van der Waals surface area (Å²) in [4.78, 5) is 5.00. The number of aromatic nitrogens is 5. The largest absolute Gasteiger partial charge is 0.334 e. The number of hydrogen-bond acceptors (Lipinski definition) is 8. The van der Waals surface area contributed by atoms with Crippen LogP contribution in [0.3, 0.4) is 0 Å². The number of anilines is 1. The SMILES string of the molecule is Cn1c(NS(=O)(=O)Cc2noc(-c3cccc(Cl)c3)n2)nnc1-c1cccs1. The van der Waals surface area contributed by atoms with E-state index in [-0.39, 0.29) is 17.7 Å². The molecular formula is C16H13ClN6O3S2. The first-order chi connectivity index (χ1) is 13.4. The quantitative estimate of drug-likeness (QED) is 0.493. The first-order valence-corrected chi connectivity index (χ1v) is 10.8. The Morgan fingerprint density at radius 2 is 2.11 bits per heavy atom. The third kappa shape index (κ3) is 3.91. The third-order valence-electron chi connectivity index (χ3n) is 3.72. The Hall–Kier alpha value is -2.76. The van der Waals surface area contributed by atoms with Crippen LogP contribution in [-0.4, -0.2) is 33.3 Å². The number of nitrogens with one attached hydrogen (secondary N) is 1. The van der Waals surface area contributed by atoms with Gasteiger partial charge in [0.25, 0.3) is 5.89 Å². The lowest BCUT2D eigenvalue weighted by Gasteiger charge is -2.05. The molecule has 0 radical (unpaired) electrons. The normalized spacial score (nSPS) is 11.6. The molecule has 12 heteroatoms. The molecule has 28 heavy (non-hydrogen) atoms. The number of sulfonamides is 1. The zero-order chi connectivity index (χ0) is 19.7. The first kappa shape index (κ1) is 18.6. The lowest BCUT2D eigenvalue weighted by Crippen LogP contribution is -2.18. The van der Waals surface area contributed by atoms with E-state index in [0.717, 1.165) is 4.88 Å². The highest BCUT2D eigenvalue weighted by Crippen LogP contribution is 2.25. The molecule has 0 aliphatic rings. The molecule has 1 N–H and O–H groups in total. The molecule has 4 aromatic rings. The molecule has 0 aliphatic heterocycles. The first-order valence-electron chi connectivity index (χ1n) is 7.93. The smallest absolute Gasteiger partial charge is 0.258 e. The maximum atomic E-state index is 12.5. The van der Waals surface area contributed by atoms with Crippen LogP contribution in [0.15, 0.2) is 46.3 Å². The molecule has 0 fully saturated rings. The second-order valence-electron chi connectivity index (χ2n) is 5.77. The molecule has 0 saturated carbocycles. The van der Waals surface area contributed by atoms with Crippen molar-refractivity contribution in [1.29, 1.82) is 0 Å². The zero-order valence-corrected chi connectivity index (χ0v) is 16.8. The van der Waals surface area contributed by atoms with Crippen molar-refractivity contribution < 1.29 is 12.9 Å². The molecule has 0 atom stereocenters. The van der Waals surface area contributed by atoms with Crippen molar-refractivity contribution in [2.75, 3.05) is 4.72 Å². The Morgan fingerprint density at radius 1 is 1.25 bits per heavy atom. The molecule has 3 aromatic heterocycles. The Morgan fingerprint density at radius 3 is 2.86 bits per heavy atom. The fourth-order valence-electron chi connectivity index (χ4n) is 2.43. The van der Waals surface area contributed by atoms with Crippen molar-refractivity contribution in [3.8, 4) is 22.2 Å². The topological polar surface area (TPSA) is 116 Å². The number of rotatable bonds is 6. The Labute approximate surface area is 169 Å². The van der Waals surface area contributed by atoms with Crippen LogP contribution in [0.25, 0.3) is 22.2 Å². The number of halogens is 1.